The normalized spacial score (nSPS) is 13.6. The van der Waals surface area contributed by atoms with Crippen LogP contribution >= 0.6 is 24.0 Å². The van der Waals surface area contributed by atoms with Gasteiger partial charge in [-0.15, -0.1) is 11.8 Å². The fourth-order valence-corrected chi connectivity index (χ4v) is 4.11. The molecule has 0 fully saturated rings. The second-order valence-corrected chi connectivity index (χ2v) is 9.44. The Morgan fingerprint density at radius 2 is 1.59 bits per heavy atom. The van der Waals surface area contributed by atoms with Crippen LogP contribution in [0, 0.1) is 5.92 Å². The van der Waals surface area contributed by atoms with Crippen LogP contribution in [0.3, 0.4) is 0 Å². The summed E-state index contributed by atoms with van der Waals surface area (Å²) in [6.07, 6.45) is 0.739. The molecular weight excluding hydrogens is 372 g/mol. The number of rotatable bonds is 7. The zero-order valence-electron chi connectivity index (χ0n) is 16.5. The van der Waals surface area contributed by atoms with E-state index in [1.807, 2.05) is 76.2 Å². The van der Waals surface area contributed by atoms with E-state index in [-0.39, 0.29) is 17.8 Å². The van der Waals surface area contributed by atoms with Crippen molar-refractivity contribution in [2.75, 3.05) is 5.75 Å². The average Bonchev–Trinajstić information content (AvgIpc) is 2.64. The summed E-state index contributed by atoms with van der Waals surface area (Å²) in [6.45, 7) is 7.66. The molecule has 2 atom stereocenters. The molecule has 0 aliphatic rings. The molecule has 0 bridgehead atoms. The van der Waals surface area contributed by atoms with Gasteiger partial charge in [0, 0.05) is 5.75 Å². The number of thioether (sulfide) groups is 1. The van der Waals surface area contributed by atoms with Crippen LogP contribution < -0.4 is 0 Å². The van der Waals surface area contributed by atoms with Gasteiger partial charge in [0.1, 0.15) is 5.60 Å². The number of hydrogen-bond acceptors (Lipinski definition) is 4. The lowest BCUT2D eigenvalue weighted by Gasteiger charge is -2.25. The van der Waals surface area contributed by atoms with E-state index in [2.05, 4.69) is 12.1 Å². The van der Waals surface area contributed by atoms with Crippen LogP contribution in [-0.2, 0) is 9.53 Å². The number of thiocarbonyl (C=S) groups is 1. The molecule has 0 radical (unpaired) electrons. The van der Waals surface area contributed by atoms with Crippen molar-refractivity contribution in [2.24, 2.45) is 5.92 Å². The fourth-order valence-electron chi connectivity index (χ4n) is 2.78. The van der Waals surface area contributed by atoms with Crippen LogP contribution in [0.2, 0.25) is 0 Å². The summed E-state index contributed by atoms with van der Waals surface area (Å²) >= 11 is 7.28. The van der Waals surface area contributed by atoms with Crippen molar-refractivity contribution in [2.45, 2.75) is 45.6 Å². The Labute approximate surface area is 172 Å². The Balaban J connectivity index is 2.06. The molecule has 2 aromatic rings. The molecule has 0 aromatic heterocycles. The van der Waals surface area contributed by atoms with Crippen molar-refractivity contribution < 1.29 is 9.53 Å². The van der Waals surface area contributed by atoms with E-state index >= 15 is 0 Å². The second-order valence-electron chi connectivity index (χ2n) is 7.74. The molecule has 0 N–H and O–H groups in total. The van der Waals surface area contributed by atoms with Gasteiger partial charge in [0.25, 0.3) is 0 Å². The van der Waals surface area contributed by atoms with Crippen molar-refractivity contribution in [1.29, 1.82) is 0 Å². The number of hydrogen-bond donors (Lipinski definition) is 0. The molecule has 0 spiro atoms. The summed E-state index contributed by atoms with van der Waals surface area (Å²) in [5.74, 6) is 0.769. The Morgan fingerprint density at radius 3 is 2.15 bits per heavy atom. The van der Waals surface area contributed by atoms with Gasteiger partial charge in [0.05, 0.1) is 10.1 Å². The average molecular weight is 401 g/mol. The minimum absolute atomic E-state index is 0.140. The molecule has 0 heterocycles. The first kappa shape index (κ1) is 21.6. The van der Waals surface area contributed by atoms with E-state index in [4.69, 9.17) is 17.0 Å². The highest BCUT2D eigenvalue weighted by Crippen LogP contribution is 2.30. The summed E-state index contributed by atoms with van der Waals surface area (Å²) in [6, 6.07) is 20.4. The summed E-state index contributed by atoms with van der Waals surface area (Å²) in [5.41, 5.74) is 1.85. The third kappa shape index (κ3) is 7.47. The van der Waals surface area contributed by atoms with E-state index in [0.29, 0.717) is 0 Å². The zero-order valence-corrected chi connectivity index (χ0v) is 18.1. The van der Waals surface area contributed by atoms with Gasteiger partial charge >= 0.3 is 5.97 Å². The van der Waals surface area contributed by atoms with Gasteiger partial charge in [-0.05, 0) is 44.2 Å². The Hall–Kier alpha value is -1.65. The first-order valence-corrected chi connectivity index (χ1v) is 10.7. The van der Waals surface area contributed by atoms with Crippen LogP contribution in [0.1, 0.15) is 51.2 Å². The molecule has 0 amide bonds. The van der Waals surface area contributed by atoms with Crippen LogP contribution in [0.25, 0.3) is 0 Å². The predicted molar refractivity (Wildman–Crippen MR) is 119 cm³/mol. The minimum atomic E-state index is -0.461. The third-order valence-electron chi connectivity index (χ3n) is 4.14. The first-order valence-electron chi connectivity index (χ1n) is 9.26. The SMILES string of the molecule is CC(CC(CSC(=S)c1ccccc1)c1ccccc1)C(=O)OC(C)(C)C. The zero-order chi connectivity index (χ0) is 19.9. The van der Waals surface area contributed by atoms with E-state index < -0.39 is 5.60 Å². The molecule has 27 heavy (non-hydrogen) atoms. The molecule has 0 saturated carbocycles. The molecule has 0 aliphatic carbocycles. The van der Waals surface area contributed by atoms with Crippen molar-refractivity contribution in [1.82, 2.24) is 0 Å². The topological polar surface area (TPSA) is 26.3 Å². The highest BCUT2D eigenvalue weighted by atomic mass is 32.2. The van der Waals surface area contributed by atoms with E-state index in [1.54, 1.807) is 11.8 Å². The predicted octanol–water partition coefficient (Wildman–Crippen LogP) is 6.25. The second kappa shape index (κ2) is 10.0. The molecule has 4 heteroatoms. The fraction of sp³-hybridized carbons (Fsp3) is 0.391. The summed E-state index contributed by atoms with van der Waals surface area (Å²) in [7, 11) is 0. The smallest absolute Gasteiger partial charge is 0.309 e. The van der Waals surface area contributed by atoms with Crippen molar-refractivity contribution in [3.05, 3.63) is 71.8 Å². The molecule has 144 valence electrons. The van der Waals surface area contributed by atoms with Crippen LogP contribution in [0.4, 0.5) is 0 Å². The lowest BCUT2D eigenvalue weighted by Crippen LogP contribution is -2.28. The maximum Gasteiger partial charge on any atom is 0.309 e. The van der Waals surface area contributed by atoms with Crippen LogP contribution in [-0.4, -0.2) is 21.5 Å². The summed E-state index contributed by atoms with van der Waals surface area (Å²) < 4.78 is 6.45. The molecule has 2 nitrogen and oxygen atoms in total. The van der Waals surface area contributed by atoms with E-state index in [1.165, 1.54) is 5.56 Å². The number of ether oxygens (including phenoxy) is 1. The molecular formula is C23H28O2S2. The summed E-state index contributed by atoms with van der Waals surface area (Å²) in [5, 5.41) is 0. The lowest BCUT2D eigenvalue weighted by atomic mass is 9.91. The first-order chi connectivity index (χ1) is 12.8. The van der Waals surface area contributed by atoms with Gasteiger partial charge in [-0.25, -0.2) is 0 Å². The van der Waals surface area contributed by atoms with Gasteiger partial charge in [0.2, 0.25) is 0 Å². The molecule has 2 rings (SSSR count). The van der Waals surface area contributed by atoms with Crippen molar-refractivity contribution >= 4 is 34.1 Å². The standard InChI is InChI=1S/C23H28O2S2/c1-17(21(24)25-23(2,3)4)15-20(18-11-7-5-8-12-18)16-27-22(26)19-13-9-6-10-14-19/h5-14,17,20H,15-16H2,1-4H3. The van der Waals surface area contributed by atoms with Gasteiger partial charge in [-0.1, -0.05) is 79.8 Å². The third-order valence-corrected chi connectivity index (χ3v) is 5.80. The number of carbonyl (C=O) groups excluding carboxylic acids is 1. The Morgan fingerprint density at radius 1 is 1.04 bits per heavy atom. The maximum absolute atomic E-state index is 12.4. The molecule has 0 aliphatic heterocycles. The maximum atomic E-state index is 12.4. The van der Waals surface area contributed by atoms with Crippen molar-refractivity contribution in [3.8, 4) is 0 Å². The number of benzene rings is 2. The van der Waals surface area contributed by atoms with Gasteiger partial charge in [-0.2, -0.15) is 0 Å². The summed E-state index contributed by atoms with van der Waals surface area (Å²) in [4.78, 5) is 12.4. The van der Waals surface area contributed by atoms with Gasteiger partial charge in [-0.3, -0.25) is 4.79 Å². The largest absolute Gasteiger partial charge is 0.460 e. The Bertz CT molecular complexity index is 736. The van der Waals surface area contributed by atoms with Crippen LogP contribution in [0.5, 0.6) is 0 Å². The monoisotopic (exact) mass is 400 g/mol. The highest BCUT2D eigenvalue weighted by molar-refractivity contribution is 8.23. The Kier molecular flexibility index (Phi) is 8.06. The molecule has 2 unspecified atom stereocenters. The molecule has 2 aromatic carbocycles. The highest BCUT2D eigenvalue weighted by Gasteiger charge is 2.25. The van der Waals surface area contributed by atoms with Crippen LogP contribution in [0.15, 0.2) is 60.7 Å². The molecule has 0 saturated heterocycles. The number of esters is 1. The minimum Gasteiger partial charge on any atom is -0.460 e. The van der Waals surface area contributed by atoms with E-state index in [9.17, 15) is 4.79 Å². The van der Waals surface area contributed by atoms with Crippen molar-refractivity contribution in [3.63, 3.8) is 0 Å². The number of carbonyl (C=O) groups is 1. The quantitative estimate of drug-likeness (QED) is 0.405. The van der Waals surface area contributed by atoms with Gasteiger partial charge < -0.3 is 4.74 Å². The van der Waals surface area contributed by atoms with Gasteiger partial charge in [0.15, 0.2) is 0 Å². The van der Waals surface area contributed by atoms with E-state index in [0.717, 1.165) is 21.9 Å². The lowest BCUT2D eigenvalue weighted by molar-refractivity contribution is -0.159.